The molecule has 3 aromatic rings. The summed E-state index contributed by atoms with van der Waals surface area (Å²) < 4.78 is 3.46. The van der Waals surface area contributed by atoms with E-state index in [9.17, 15) is 4.79 Å². The van der Waals surface area contributed by atoms with Crippen LogP contribution in [0.2, 0.25) is 0 Å². The van der Waals surface area contributed by atoms with Crippen LogP contribution < -0.4 is 5.32 Å². The number of amides is 1. The monoisotopic (exact) mass is 352 g/mol. The number of aryl methyl sites for hydroxylation is 1. The lowest BCUT2D eigenvalue weighted by atomic mass is 10.1. The average Bonchev–Trinajstić information content (AvgIpc) is 3.30. The largest absolute Gasteiger partial charge is 0.349 e. The zero-order valence-electron chi connectivity index (χ0n) is 13.9. The van der Waals surface area contributed by atoms with Crippen LogP contribution in [0, 0.1) is 0 Å². The van der Waals surface area contributed by atoms with Crippen LogP contribution in [0.3, 0.4) is 0 Å². The van der Waals surface area contributed by atoms with Crippen LogP contribution in [-0.2, 0) is 13.0 Å². The molecular weight excluding hydrogens is 332 g/mol. The number of fused-ring (bicyclic) bond motifs is 2. The van der Waals surface area contributed by atoms with Crippen molar-refractivity contribution in [2.75, 3.05) is 0 Å². The highest BCUT2D eigenvalue weighted by atomic mass is 32.1. The summed E-state index contributed by atoms with van der Waals surface area (Å²) in [5, 5.41) is 15.0. The van der Waals surface area contributed by atoms with Crippen molar-refractivity contribution >= 4 is 27.3 Å². The maximum absolute atomic E-state index is 12.8. The van der Waals surface area contributed by atoms with Crippen LogP contribution in [0.1, 0.15) is 53.6 Å². The van der Waals surface area contributed by atoms with Crippen molar-refractivity contribution in [2.45, 2.75) is 50.6 Å². The third kappa shape index (κ3) is 2.74. The zero-order chi connectivity index (χ0) is 16.8. The van der Waals surface area contributed by atoms with E-state index in [2.05, 4.69) is 26.1 Å². The quantitative estimate of drug-likeness (QED) is 0.785. The molecule has 1 saturated carbocycles. The minimum absolute atomic E-state index is 0.0440. The fourth-order valence-corrected chi connectivity index (χ4v) is 4.66. The van der Waals surface area contributed by atoms with Gasteiger partial charge in [0.2, 0.25) is 0 Å². The Morgan fingerprint density at radius 1 is 1.16 bits per heavy atom. The van der Waals surface area contributed by atoms with Crippen molar-refractivity contribution < 1.29 is 4.79 Å². The highest BCUT2D eigenvalue weighted by Crippen LogP contribution is 2.39. The van der Waals surface area contributed by atoms with Gasteiger partial charge in [0.05, 0.1) is 5.56 Å². The van der Waals surface area contributed by atoms with Crippen molar-refractivity contribution in [1.82, 2.24) is 20.1 Å². The van der Waals surface area contributed by atoms with E-state index in [1.54, 1.807) is 11.3 Å². The summed E-state index contributed by atoms with van der Waals surface area (Å²) in [7, 11) is 0. The number of nitrogens with one attached hydrogen (secondary N) is 1. The van der Waals surface area contributed by atoms with Gasteiger partial charge in [-0.2, -0.15) is 0 Å². The van der Waals surface area contributed by atoms with Gasteiger partial charge in [-0.25, -0.2) is 0 Å². The molecule has 1 fully saturated rings. The number of aromatic nitrogens is 3. The summed E-state index contributed by atoms with van der Waals surface area (Å²) >= 11 is 1.63. The van der Waals surface area contributed by atoms with Gasteiger partial charge in [-0.1, -0.05) is 18.2 Å². The van der Waals surface area contributed by atoms with E-state index >= 15 is 0 Å². The molecule has 1 aliphatic carbocycles. The van der Waals surface area contributed by atoms with Crippen LogP contribution in [0.4, 0.5) is 0 Å². The molecule has 5 nitrogen and oxygen atoms in total. The van der Waals surface area contributed by atoms with E-state index in [1.807, 2.05) is 23.6 Å². The van der Waals surface area contributed by atoms with Gasteiger partial charge in [-0.15, -0.1) is 21.5 Å². The van der Waals surface area contributed by atoms with Crippen LogP contribution in [0.15, 0.2) is 29.6 Å². The third-order valence-electron chi connectivity index (χ3n) is 5.28. The highest BCUT2D eigenvalue weighted by Gasteiger charge is 2.31. The molecule has 1 atom stereocenters. The summed E-state index contributed by atoms with van der Waals surface area (Å²) in [6.07, 6.45) is 5.23. The molecule has 1 N–H and O–H groups in total. The predicted molar refractivity (Wildman–Crippen MR) is 98.0 cm³/mol. The Balaban J connectivity index is 1.31. The molecule has 1 amide bonds. The average molecular weight is 352 g/mol. The third-order valence-corrected chi connectivity index (χ3v) is 6.24. The number of carbonyl (C=O) groups excluding carboxylic acids is 1. The van der Waals surface area contributed by atoms with E-state index in [0.29, 0.717) is 5.92 Å². The van der Waals surface area contributed by atoms with Crippen molar-refractivity contribution in [3.05, 3.63) is 46.9 Å². The number of benzene rings is 1. The lowest BCUT2D eigenvalue weighted by molar-refractivity contribution is 0.0935. The summed E-state index contributed by atoms with van der Waals surface area (Å²) in [5.41, 5.74) is 0.794. The van der Waals surface area contributed by atoms with E-state index < -0.39 is 0 Å². The number of hydrogen-bond acceptors (Lipinski definition) is 4. The van der Waals surface area contributed by atoms with Crippen molar-refractivity contribution in [2.24, 2.45) is 0 Å². The normalized spacial score (nSPS) is 20.2. The summed E-state index contributed by atoms with van der Waals surface area (Å²) in [6.45, 7) is 0.906. The molecular formula is C19H20N4OS. The van der Waals surface area contributed by atoms with Crippen LogP contribution >= 0.6 is 11.3 Å². The second-order valence-electron chi connectivity index (χ2n) is 7.04. The second kappa shape index (κ2) is 5.95. The van der Waals surface area contributed by atoms with Gasteiger partial charge < -0.3 is 9.88 Å². The van der Waals surface area contributed by atoms with E-state index in [-0.39, 0.29) is 11.9 Å². The summed E-state index contributed by atoms with van der Waals surface area (Å²) in [6, 6.07) is 8.28. The maximum Gasteiger partial charge on any atom is 0.252 e. The topological polar surface area (TPSA) is 59.8 Å². The Morgan fingerprint density at radius 3 is 2.92 bits per heavy atom. The van der Waals surface area contributed by atoms with E-state index in [0.717, 1.165) is 53.1 Å². The Bertz CT molecular complexity index is 940. The van der Waals surface area contributed by atoms with E-state index in [1.165, 1.54) is 12.8 Å². The van der Waals surface area contributed by atoms with Crippen molar-refractivity contribution in [3.8, 4) is 0 Å². The molecule has 0 bridgehead atoms. The van der Waals surface area contributed by atoms with Crippen LogP contribution in [-0.4, -0.2) is 26.7 Å². The molecule has 0 saturated heterocycles. The van der Waals surface area contributed by atoms with Crippen LogP contribution in [0.5, 0.6) is 0 Å². The summed E-state index contributed by atoms with van der Waals surface area (Å²) in [4.78, 5) is 12.8. The minimum atomic E-state index is 0.0440. The Kier molecular flexibility index (Phi) is 3.59. The fraction of sp³-hybridized carbons (Fsp3) is 0.421. The molecule has 0 spiro atoms. The first-order valence-corrected chi connectivity index (χ1v) is 9.86. The number of nitrogens with zero attached hydrogens (tertiary/aromatic N) is 3. The first-order valence-electron chi connectivity index (χ1n) is 8.98. The number of hydrogen-bond donors (Lipinski definition) is 1. The van der Waals surface area contributed by atoms with Gasteiger partial charge in [0.25, 0.3) is 5.91 Å². The minimum Gasteiger partial charge on any atom is -0.349 e. The molecule has 6 heteroatoms. The number of rotatable bonds is 3. The standard InChI is InChI=1S/C19H20N4OS/c24-19(15-11-25-16-4-2-1-3-14(15)16)20-13-7-8-17-21-22-18(12-5-6-12)23(17)10-9-13/h1-4,11-13H,5-10H2,(H,20,24). The molecule has 2 aliphatic rings. The summed E-state index contributed by atoms with van der Waals surface area (Å²) in [5.74, 6) is 2.90. The molecule has 1 aromatic carbocycles. The Morgan fingerprint density at radius 2 is 2.04 bits per heavy atom. The van der Waals surface area contributed by atoms with Gasteiger partial charge in [0.15, 0.2) is 0 Å². The lowest BCUT2D eigenvalue weighted by Gasteiger charge is -2.16. The second-order valence-corrected chi connectivity index (χ2v) is 7.95. The van der Waals surface area contributed by atoms with Gasteiger partial charge >= 0.3 is 0 Å². The molecule has 25 heavy (non-hydrogen) atoms. The molecule has 3 heterocycles. The van der Waals surface area contributed by atoms with Gasteiger partial charge in [-0.3, -0.25) is 4.79 Å². The first kappa shape index (κ1) is 15.1. The van der Waals surface area contributed by atoms with E-state index in [4.69, 9.17) is 0 Å². The lowest BCUT2D eigenvalue weighted by Crippen LogP contribution is -2.35. The molecule has 0 radical (unpaired) electrons. The Hall–Kier alpha value is -2.21. The highest BCUT2D eigenvalue weighted by molar-refractivity contribution is 7.17. The number of carbonyl (C=O) groups is 1. The number of thiophene rings is 1. The SMILES string of the molecule is O=C(NC1CCc2nnc(C3CC3)n2CC1)c1csc2ccccc12. The molecule has 1 aliphatic heterocycles. The van der Waals surface area contributed by atoms with Gasteiger partial charge in [-0.05, 0) is 31.7 Å². The zero-order valence-corrected chi connectivity index (χ0v) is 14.8. The first-order chi connectivity index (χ1) is 12.3. The Labute approximate surface area is 150 Å². The van der Waals surface area contributed by atoms with Gasteiger partial charge in [0.1, 0.15) is 11.6 Å². The molecule has 2 aromatic heterocycles. The maximum atomic E-state index is 12.8. The molecule has 1 unspecified atom stereocenters. The van der Waals surface area contributed by atoms with Crippen molar-refractivity contribution in [3.63, 3.8) is 0 Å². The van der Waals surface area contributed by atoms with Crippen molar-refractivity contribution in [1.29, 1.82) is 0 Å². The molecule has 128 valence electrons. The van der Waals surface area contributed by atoms with Gasteiger partial charge in [0, 0.05) is 40.4 Å². The predicted octanol–water partition coefficient (Wildman–Crippen LogP) is 3.51. The fourth-order valence-electron chi connectivity index (χ4n) is 3.72. The smallest absolute Gasteiger partial charge is 0.252 e. The molecule has 5 rings (SSSR count). The van der Waals surface area contributed by atoms with Crippen LogP contribution in [0.25, 0.3) is 10.1 Å².